The molecule has 3 aliphatic heterocycles. The number of benzene rings is 1. The second-order valence-electron chi connectivity index (χ2n) is 16.2. The number of rotatable bonds is 7. The Hall–Kier alpha value is -3.96. The summed E-state index contributed by atoms with van der Waals surface area (Å²) in [6.45, 7) is 15.3. The quantitative estimate of drug-likeness (QED) is 0.212. The van der Waals surface area contributed by atoms with Crippen LogP contribution in [-0.2, 0) is 33.3 Å². The van der Waals surface area contributed by atoms with Gasteiger partial charge in [-0.3, -0.25) is 24.1 Å². The van der Waals surface area contributed by atoms with Gasteiger partial charge in [0.2, 0.25) is 0 Å². The van der Waals surface area contributed by atoms with Gasteiger partial charge >= 0.3 is 17.9 Å². The molecule has 4 heterocycles. The van der Waals surface area contributed by atoms with E-state index in [4.69, 9.17) is 23.4 Å². The lowest BCUT2D eigenvalue weighted by atomic mass is 9.41. The molecule has 8 atom stereocenters. The lowest BCUT2D eigenvalue weighted by Gasteiger charge is -2.71. The fourth-order valence-electron chi connectivity index (χ4n) is 10.5. The number of cyclic esters (lactones) is 1. The molecule has 2 saturated carbocycles. The Morgan fingerprint density at radius 1 is 1.00 bits per heavy atom. The van der Waals surface area contributed by atoms with Crippen LogP contribution in [-0.4, -0.2) is 91.3 Å². The molecule has 2 aliphatic carbocycles. The summed E-state index contributed by atoms with van der Waals surface area (Å²) in [5, 5.41) is 0. The van der Waals surface area contributed by atoms with Crippen LogP contribution in [0.25, 0.3) is 0 Å². The number of fused-ring (bicyclic) bond motifs is 3. The number of piperazine rings is 1. The van der Waals surface area contributed by atoms with Crippen LogP contribution in [0.15, 0.2) is 65.5 Å². The molecular formula is C40H50N2O9. The molecule has 2 aromatic rings. The minimum Gasteiger partial charge on any atom is -0.472 e. The van der Waals surface area contributed by atoms with Crippen LogP contribution < -0.4 is 0 Å². The summed E-state index contributed by atoms with van der Waals surface area (Å²) in [7, 11) is 1.39. The van der Waals surface area contributed by atoms with Gasteiger partial charge in [0, 0.05) is 66.4 Å². The van der Waals surface area contributed by atoms with Gasteiger partial charge in [-0.1, -0.05) is 52.5 Å². The van der Waals surface area contributed by atoms with Crippen LogP contribution in [0.3, 0.4) is 0 Å². The fraction of sp³-hybridized carbons (Fsp3) is 0.600. The van der Waals surface area contributed by atoms with Crippen molar-refractivity contribution >= 4 is 23.8 Å². The van der Waals surface area contributed by atoms with Gasteiger partial charge in [-0.25, -0.2) is 0 Å². The minimum absolute atomic E-state index is 0.0145. The molecule has 1 amide bonds. The van der Waals surface area contributed by atoms with Crippen molar-refractivity contribution in [2.75, 3.05) is 39.8 Å². The zero-order chi connectivity index (χ0) is 36.3. The molecule has 2 bridgehead atoms. The van der Waals surface area contributed by atoms with Gasteiger partial charge in [0.15, 0.2) is 0 Å². The maximum atomic E-state index is 13.7. The lowest BCUT2D eigenvalue weighted by Crippen LogP contribution is -2.73. The number of esters is 3. The van der Waals surface area contributed by atoms with E-state index in [0.717, 1.165) is 24.0 Å². The van der Waals surface area contributed by atoms with Gasteiger partial charge in [-0.2, -0.15) is 0 Å². The molecule has 0 unspecified atom stereocenters. The Kier molecular flexibility index (Phi) is 8.98. The van der Waals surface area contributed by atoms with E-state index < -0.39 is 40.2 Å². The van der Waals surface area contributed by atoms with Crippen molar-refractivity contribution in [3.05, 3.63) is 72.2 Å². The van der Waals surface area contributed by atoms with Crippen LogP contribution in [0.4, 0.5) is 0 Å². The summed E-state index contributed by atoms with van der Waals surface area (Å²) in [6, 6.07) is 11.0. The molecule has 51 heavy (non-hydrogen) atoms. The molecule has 7 rings (SSSR count). The molecule has 11 heteroatoms. The Balaban J connectivity index is 1.13. The smallest absolute Gasteiger partial charge is 0.320 e. The van der Waals surface area contributed by atoms with Crippen molar-refractivity contribution in [1.82, 2.24) is 9.80 Å². The van der Waals surface area contributed by atoms with E-state index in [0.29, 0.717) is 38.2 Å². The van der Waals surface area contributed by atoms with Crippen molar-refractivity contribution < 1.29 is 42.5 Å². The predicted molar refractivity (Wildman–Crippen MR) is 185 cm³/mol. The Morgan fingerprint density at radius 2 is 1.73 bits per heavy atom. The fourth-order valence-corrected chi connectivity index (χ4v) is 10.5. The molecule has 5 aliphatic rings. The minimum atomic E-state index is -1.01. The molecule has 0 radical (unpaired) electrons. The zero-order valence-electron chi connectivity index (χ0n) is 30.4. The van der Waals surface area contributed by atoms with E-state index in [1.54, 1.807) is 12.5 Å². The Labute approximate surface area is 299 Å². The highest BCUT2D eigenvalue weighted by atomic mass is 16.6. The maximum Gasteiger partial charge on any atom is 0.320 e. The number of amides is 1. The normalized spacial score (nSPS) is 35.9. The molecule has 1 aromatic heterocycles. The van der Waals surface area contributed by atoms with E-state index in [-0.39, 0.29) is 55.0 Å². The SMILES string of the molecule is C=C1[C@@H]2CC[C@@]3(C)[C@H](c4ccoc4)OC(=O)C[C@]13O[C@H]1C[C@H](OC(=O)CN3CCN(C(=O)c4ccccc4)CC3)C(C)(C)[C@H](CC(=O)OC)[C@]12C. The van der Waals surface area contributed by atoms with Crippen LogP contribution >= 0.6 is 0 Å². The van der Waals surface area contributed by atoms with E-state index in [9.17, 15) is 19.2 Å². The molecular weight excluding hydrogens is 652 g/mol. The van der Waals surface area contributed by atoms with Crippen LogP contribution in [0.2, 0.25) is 0 Å². The standard InChI is InChI=1S/C40H50N2O9/c1-25-28-12-14-38(4)35(27-13-19-48-24-27)50-33(44)22-40(25,38)51-31-21-30(37(2,3)29(39(28,31)5)20-32(43)47-6)49-34(45)23-41-15-17-42(18-16-41)36(46)26-10-8-7-9-11-26/h7-11,13,19,24,28-31,35H,1,12,14-18,20-23H2,2-6H3/t28-,29-,30-,31-,35-,38-,39+,40-/m0/s1. The highest BCUT2D eigenvalue weighted by molar-refractivity contribution is 5.94. The van der Waals surface area contributed by atoms with Crippen molar-refractivity contribution in [2.45, 2.75) is 83.7 Å². The lowest BCUT2D eigenvalue weighted by molar-refractivity contribution is -0.314. The average molecular weight is 703 g/mol. The van der Waals surface area contributed by atoms with Gasteiger partial charge in [0.1, 0.15) is 17.8 Å². The molecule has 11 nitrogen and oxygen atoms in total. The number of ether oxygens (including phenoxy) is 4. The number of nitrogens with zero attached hydrogens (tertiary/aromatic N) is 2. The number of methoxy groups -OCH3 is 1. The van der Waals surface area contributed by atoms with Crippen LogP contribution in [0.1, 0.15) is 81.8 Å². The van der Waals surface area contributed by atoms with Gasteiger partial charge in [0.05, 0.1) is 38.7 Å². The van der Waals surface area contributed by atoms with Gasteiger partial charge in [-0.15, -0.1) is 0 Å². The third kappa shape index (κ3) is 5.62. The summed E-state index contributed by atoms with van der Waals surface area (Å²) in [5.41, 5.74) is -0.530. The summed E-state index contributed by atoms with van der Waals surface area (Å²) in [5.74, 6) is -1.41. The molecule has 1 spiro atoms. The largest absolute Gasteiger partial charge is 0.472 e. The second-order valence-corrected chi connectivity index (χ2v) is 16.2. The van der Waals surface area contributed by atoms with E-state index in [1.807, 2.05) is 46.2 Å². The first-order valence-electron chi connectivity index (χ1n) is 18.2. The highest BCUT2D eigenvalue weighted by Gasteiger charge is 2.73. The number of hydrogen-bond acceptors (Lipinski definition) is 10. The van der Waals surface area contributed by atoms with Gasteiger partial charge < -0.3 is 28.3 Å². The monoisotopic (exact) mass is 702 g/mol. The van der Waals surface area contributed by atoms with Crippen molar-refractivity contribution in [3.63, 3.8) is 0 Å². The first-order chi connectivity index (χ1) is 24.2. The third-order valence-electron chi connectivity index (χ3n) is 13.5. The van der Waals surface area contributed by atoms with Crippen molar-refractivity contribution in [3.8, 4) is 0 Å². The third-order valence-corrected chi connectivity index (χ3v) is 13.5. The first kappa shape index (κ1) is 35.4. The predicted octanol–water partition coefficient (Wildman–Crippen LogP) is 5.36. The summed E-state index contributed by atoms with van der Waals surface area (Å²) < 4.78 is 30.4. The van der Waals surface area contributed by atoms with Crippen LogP contribution in [0, 0.1) is 28.1 Å². The van der Waals surface area contributed by atoms with Crippen LogP contribution in [0.5, 0.6) is 0 Å². The second kappa shape index (κ2) is 12.9. The number of furan rings is 1. The Bertz CT molecular complexity index is 1680. The van der Waals surface area contributed by atoms with Gasteiger partial charge in [-0.05, 0) is 48.4 Å². The summed E-state index contributed by atoms with van der Waals surface area (Å²) in [6.07, 6.45) is 3.65. The molecule has 274 valence electrons. The van der Waals surface area contributed by atoms with Gasteiger partial charge in [0.25, 0.3) is 5.91 Å². The summed E-state index contributed by atoms with van der Waals surface area (Å²) in [4.78, 5) is 57.0. The Morgan fingerprint density at radius 3 is 2.39 bits per heavy atom. The molecule has 1 aromatic carbocycles. The zero-order valence-corrected chi connectivity index (χ0v) is 30.4. The summed E-state index contributed by atoms with van der Waals surface area (Å²) >= 11 is 0. The topological polar surface area (TPSA) is 125 Å². The first-order valence-corrected chi connectivity index (χ1v) is 18.2. The number of carbonyl (C=O) groups excluding carboxylic acids is 4. The van der Waals surface area contributed by atoms with E-state index in [1.165, 1.54) is 7.11 Å². The highest BCUT2D eigenvalue weighted by Crippen LogP contribution is 2.72. The number of hydrogen-bond donors (Lipinski definition) is 0. The van der Waals surface area contributed by atoms with Crippen molar-refractivity contribution in [1.29, 1.82) is 0 Å². The maximum absolute atomic E-state index is 13.7. The van der Waals surface area contributed by atoms with Crippen molar-refractivity contribution in [2.24, 2.45) is 28.1 Å². The molecule has 5 fully saturated rings. The number of carbonyl (C=O) groups is 4. The average Bonchev–Trinajstić information content (AvgIpc) is 3.64. The molecule has 0 N–H and O–H groups in total. The molecule has 3 saturated heterocycles. The van der Waals surface area contributed by atoms with E-state index >= 15 is 0 Å². The van der Waals surface area contributed by atoms with E-state index in [2.05, 4.69) is 34.3 Å².